The minimum Gasteiger partial charge on any atom is -0.339 e. The van der Waals surface area contributed by atoms with Crippen LogP contribution in [0, 0.1) is 0 Å². The maximum absolute atomic E-state index is 10.5. The molecule has 0 saturated carbocycles. The van der Waals surface area contributed by atoms with Crippen molar-refractivity contribution in [1.29, 1.82) is 0 Å². The van der Waals surface area contributed by atoms with Crippen LogP contribution >= 0.6 is 27.0 Å². The van der Waals surface area contributed by atoms with Gasteiger partial charge in [-0.1, -0.05) is 6.92 Å². The lowest BCUT2D eigenvalue weighted by Gasteiger charge is -2.02. The van der Waals surface area contributed by atoms with E-state index >= 15 is 0 Å². The molecule has 6 heteroatoms. The number of hydrogen-bond donors (Lipinski definition) is 2. The van der Waals surface area contributed by atoms with Gasteiger partial charge < -0.3 is 10.6 Å². The summed E-state index contributed by atoms with van der Waals surface area (Å²) in [6.07, 6.45) is 0.444. The molecule has 4 nitrogen and oxygen atoms in total. The summed E-state index contributed by atoms with van der Waals surface area (Å²) in [4.78, 5) is 20.8. The lowest BCUT2D eigenvalue weighted by molar-refractivity contribution is -0.121. The fourth-order valence-corrected chi connectivity index (χ4v) is 0.392. The summed E-state index contributed by atoms with van der Waals surface area (Å²) in [5.74, 6) is -0.204. The van der Waals surface area contributed by atoms with Crippen molar-refractivity contribution in [2.24, 2.45) is 0 Å². The molecule has 2 N–H and O–H groups in total. The second-order valence-corrected chi connectivity index (χ2v) is 1.86. The Morgan fingerprint density at radius 1 is 1.17 bits per heavy atom. The first kappa shape index (κ1) is 17.7. The normalized spacial score (nSPS) is 7.17. The maximum atomic E-state index is 10.5. The summed E-state index contributed by atoms with van der Waals surface area (Å²) < 4.78 is 0. The van der Waals surface area contributed by atoms with Gasteiger partial charge in [-0.15, -0.1) is 0 Å². The van der Waals surface area contributed by atoms with E-state index < -0.39 is 0 Å². The van der Waals surface area contributed by atoms with Crippen LogP contribution in [0.15, 0.2) is 0 Å². The molecule has 0 unspecified atom stereocenters. The average molecular weight is 212 g/mol. The van der Waals surface area contributed by atoms with Crippen molar-refractivity contribution in [3.63, 3.8) is 0 Å². The number of nitrogens with one attached hydrogen (secondary N) is 2. The van der Waals surface area contributed by atoms with E-state index in [1.807, 2.05) is 0 Å². The Bertz CT molecular complexity index is 142. The van der Waals surface area contributed by atoms with E-state index in [1.54, 1.807) is 6.92 Å². The highest BCUT2D eigenvalue weighted by Gasteiger charge is 1.94. The first-order valence-corrected chi connectivity index (χ1v) is 3.18. The number of carbonyl (C=O) groups excluding carboxylic acids is 2. The molecular weight excluding hydrogens is 196 g/mol. The molecule has 74 valence electrons. The average Bonchev–Trinajstić information content (AvgIpc) is 1.87. The van der Waals surface area contributed by atoms with Gasteiger partial charge in [0.2, 0.25) is 11.8 Å². The van der Waals surface area contributed by atoms with E-state index in [2.05, 4.69) is 10.6 Å². The Morgan fingerprint density at radius 2 is 1.67 bits per heavy atom. The molecule has 0 heterocycles. The van der Waals surface area contributed by atoms with Gasteiger partial charge >= 0.3 is 0 Å². The zero-order chi connectivity index (χ0) is 7.98. The number of carbonyl (C=O) groups is 2. The predicted molar refractivity (Wildman–Crippen MR) is 57.9 cm³/mol. The molecule has 0 fully saturated rings. The van der Waals surface area contributed by atoms with Gasteiger partial charge in [0, 0.05) is 13.3 Å². The molecule has 2 amide bonds. The molecule has 0 aliphatic carbocycles. The van der Waals surface area contributed by atoms with Crippen LogP contribution in [-0.4, -0.2) is 18.5 Å². The monoisotopic (exact) mass is 212 g/mol. The third-order valence-electron chi connectivity index (χ3n) is 0.944. The molecule has 0 rings (SSSR count). The van der Waals surface area contributed by atoms with Crippen molar-refractivity contribution < 1.29 is 9.59 Å². The molecule has 0 aromatic heterocycles. The van der Waals surface area contributed by atoms with Crippen LogP contribution in [0.2, 0.25) is 0 Å². The molecule has 0 bridgehead atoms. The summed E-state index contributed by atoms with van der Waals surface area (Å²) in [5, 5.41) is 4.93. The molecule has 0 atom stereocenters. The lowest BCUT2D eigenvalue weighted by atomic mass is 10.5. The smallest absolute Gasteiger partial charge is 0.221 e. The molecule has 0 radical (unpaired) electrons. The van der Waals surface area contributed by atoms with Gasteiger partial charge in [-0.3, -0.25) is 9.59 Å². The Balaban J connectivity index is -0.000000405. The van der Waals surface area contributed by atoms with Gasteiger partial charge in [-0.05, 0) is 0 Å². The van der Waals surface area contributed by atoms with Gasteiger partial charge in [0.05, 0.1) is 6.67 Å². The summed E-state index contributed by atoms with van der Waals surface area (Å²) in [7, 11) is 0. The van der Waals surface area contributed by atoms with Crippen molar-refractivity contribution in [1.82, 2.24) is 10.6 Å². The van der Waals surface area contributed by atoms with Crippen LogP contribution in [0.4, 0.5) is 0 Å². The van der Waals surface area contributed by atoms with Crippen LogP contribution < -0.4 is 10.6 Å². The summed E-state index contributed by atoms with van der Waals surface area (Å²) in [5.41, 5.74) is 0. The quantitative estimate of drug-likeness (QED) is 0.638. The van der Waals surface area contributed by atoms with Gasteiger partial charge in [-0.25, -0.2) is 0 Å². The highest BCUT2D eigenvalue weighted by Crippen LogP contribution is 1.71. The highest BCUT2D eigenvalue weighted by molar-refractivity contribution is 7.59. The summed E-state index contributed by atoms with van der Waals surface area (Å²) in [6, 6.07) is 0. The van der Waals surface area contributed by atoms with Gasteiger partial charge in [-0.2, -0.15) is 27.0 Å². The molecule has 0 aliphatic heterocycles. The van der Waals surface area contributed by atoms with Crippen molar-refractivity contribution in [3.05, 3.63) is 0 Å². The van der Waals surface area contributed by atoms with Crippen LogP contribution in [0.3, 0.4) is 0 Å². The summed E-state index contributed by atoms with van der Waals surface area (Å²) >= 11 is 0. The zero-order valence-corrected chi connectivity index (χ0v) is 9.23. The van der Waals surface area contributed by atoms with Crippen LogP contribution in [0.25, 0.3) is 0 Å². The fourth-order valence-electron chi connectivity index (χ4n) is 0.392. The predicted octanol–water partition coefficient (Wildman–Crippen LogP) is -0.168. The largest absolute Gasteiger partial charge is 0.339 e. The number of hydrogen-bond acceptors (Lipinski definition) is 2. The third-order valence-corrected chi connectivity index (χ3v) is 0.944. The van der Waals surface area contributed by atoms with Crippen LogP contribution in [0.1, 0.15) is 20.3 Å². The van der Waals surface area contributed by atoms with E-state index in [0.29, 0.717) is 6.42 Å². The Labute approximate surface area is 86.4 Å². The molecule has 0 spiro atoms. The van der Waals surface area contributed by atoms with Crippen molar-refractivity contribution >= 4 is 38.8 Å². The maximum Gasteiger partial charge on any atom is 0.221 e. The second-order valence-electron chi connectivity index (χ2n) is 1.86. The Hall–Kier alpha value is -0.360. The van der Waals surface area contributed by atoms with Crippen molar-refractivity contribution in [2.45, 2.75) is 20.3 Å². The molecule has 12 heavy (non-hydrogen) atoms. The Morgan fingerprint density at radius 3 is 2.00 bits per heavy atom. The van der Waals surface area contributed by atoms with E-state index in [0.717, 1.165) is 0 Å². The topological polar surface area (TPSA) is 58.2 Å². The van der Waals surface area contributed by atoms with E-state index in [1.165, 1.54) is 6.92 Å². The van der Waals surface area contributed by atoms with E-state index in [-0.39, 0.29) is 45.5 Å². The number of rotatable bonds is 3. The fraction of sp³-hybridized carbons (Fsp3) is 0.667. The molecule has 0 saturated heterocycles. The molecule has 0 aliphatic rings. The van der Waals surface area contributed by atoms with Crippen LogP contribution in [-0.2, 0) is 9.59 Å². The Kier molecular flexibility index (Phi) is 15.7. The lowest BCUT2D eigenvalue weighted by Crippen LogP contribution is -2.35. The minimum absolute atomic E-state index is 0. The van der Waals surface area contributed by atoms with Crippen molar-refractivity contribution in [2.75, 3.05) is 6.67 Å². The van der Waals surface area contributed by atoms with Crippen LogP contribution in [0.5, 0.6) is 0 Å². The zero-order valence-electron chi connectivity index (χ0n) is 7.23. The molecule has 0 aromatic rings. The highest BCUT2D eigenvalue weighted by atomic mass is 32.1. The first-order valence-electron chi connectivity index (χ1n) is 3.18. The summed E-state index contributed by atoms with van der Waals surface area (Å²) in [6.45, 7) is 3.38. The van der Waals surface area contributed by atoms with Gasteiger partial charge in [0.25, 0.3) is 0 Å². The van der Waals surface area contributed by atoms with Gasteiger partial charge in [0.15, 0.2) is 0 Å². The van der Waals surface area contributed by atoms with Gasteiger partial charge in [0.1, 0.15) is 0 Å². The number of amides is 2. The molecular formula is C6H16N2O2S2. The molecule has 0 aromatic carbocycles. The minimum atomic E-state index is -0.142. The van der Waals surface area contributed by atoms with E-state index in [4.69, 9.17) is 0 Å². The third kappa shape index (κ3) is 12.3. The van der Waals surface area contributed by atoms with E-state index in [9.17, 15) is 9.59 Å². The second kappa shape index (κ2) is 10.6. The SMILES string of the molecule is CCC(=O)NCNC(C)=O.S.S. The van der Waals surface area contributed by atoms with Crippen molar-refractivity contribution in [3.8, 4) is 0 Å². The first-order chi connectivity index (χ1) is 4.66. The standard InChI is InChI=1S/C6H12N2O2.2H2S/c1-3-6(10)8-4-7-5(2)9;;/h3-4H2,1-2H3,(H,7,9)(H,8,10);2*1H2.